The largest absolute Gasteiger partial charge is 0.385 e. The summed E-state index contributed by atoms with van der Waals surface area (Å²) in [6, 6.07) is 3.31. The first-order valence-corrected chi connectivity index (χ1v) is 9.68. The van der Waals surface area contributed by atoms with Gasteiger partial charge in [0.15, 0.2) is 5.03 Å². The number of hydrogen-bond acceptors (Lipinski definition) is 6. The maximum Gasteiger partial charge on any atom is 0.260 e. The fourth-order valence-electron chi connectivity index (χ4n) is 2.98. The molecule has 2 aromatic heterocycles. The predicted octanol–water partition coefficient (Wildman–Crippen LogP) is -0.101. The van der Waals surface area contributed by atoms with E-state index in [-0.39, 0.29) is 11.6 Å². The van der Waals surface area contributed by atoms with Gasteiger partial charge in [0, 0.05) is 19.6 Å². The first kappa shape index (κ1) is 18.1. The smallest absolute Gasteiger partial charge is 0.260 e. The van der Waals surface area contributed by atoms with Crippen molar-refractivity contribution in [3.8, 4) is 0 Å². The van der Waals surface area contributed by atoms with Crippen LogP contribution in [-0.2, 0) is 29.7 Å². The minimum absolute atomic E-state index is 0.204. The molecular weight excluding hydrogens is 344 g/mol. The second-order valence-electron chi connectivity index (χ2n) is 6.39. The van der Waals surface area contributed by atoms with Gasteiger partial charge < -0.3 is 10.0 Å². The summed E-state index contributed by atoms with van der Waals surface area (Å²) in [6.45, 7) is 3.86. The van der Waals surface area contributed by atoms with Crippen LogP contribution in [0.3, 0.4) is 0 Å². The zero-order chi connectivity index (χ0) is 18.2. The Labute approximate surface area is 147 Å². The van der Waals surface area contributed by atoms with Crippen LogP contribution in [0, 0.1) is 0 Å². The van der Waals surface area contributed by atoms with Gasteiger partial charge in [-0.05, 0) is 33.2 Å². The zero-order valence-electron chi connectivity index (χ0n) is 14.7. The lowest BCUT2D eigenvalue weighted by atomic mass is 10.2. The lowest BCUT2D eigenvalue weighted by Crippen LogP contribution is -2.39. The van der Waals surface area contributed by atoms with Gasteiger partial charge in [0.05, 0.1) is 30.7 Å². The summed E-state index contributed by atoms with van der Waals surface area (Å²) in [5.74, 6) is 0. The molecule has 0 bridgehead atoms. The Balaban J connectivity index is 1.82. The molecule has 3 heterocycles. The Morgan fingerprint density at radius 1 is 1.36 bits per heavy atom. The molecule has 2 aromatic rings. The lowest BCUT2D eigenvalue weighted by Gasteiger charge is -2.26. The molecule has 0 unspecified atom stereocenters. The van der Waals surface area contributed by atoms with Crippen molar-refractivity contribution in [2.75, 3.05) is 27.2 Å². The number of nitrogens with zero attached hydrogens (tertiary/aromatic N) is 6. The van der Waals surface area contributed by atoms with Crippen molar-refractivity contribution < 1.29 is 13.5 Å². The van der Waals surface area contributed by atoms with Gasteiger partial charge in [-0.25, -0.2) is 8.42 Å². The molecule has 10 heteroatoms. The summed E-state index contributed by atoms with van der Waals surface area (Å²) >= 11 is 0. The van der Waals surface area contributed by atoms with Crippen molar-refractivity contribution in [3.63, 3.8) is 0 Å². The maximum absolute atomic E-state index is 12.9. The average Bonchev–Trinajstić information content (AvgIpc) is 3.20. The first-order valence-electron chi connectivity index (χ1n) is 8.24. The molecule has 1 atom stereocenters. The van der Waals surface area contributed by atoms with E-state index in [1.54, 1.807) is 10.7 Å². The summed E-state index contributed by atoms with van der Waals surface area (Å²) in [4.78, 5) is 1.88. The topological polar surface area (TPSA) is 96.5 Å². The first-order chi connectivity index (χ1) is 11.8. The SMILES string of the molecule is CCn1nccc1S(=O)(=O)N1CCn2nc([C@@H](O)CN(C)C)cc2C1. The van der Waals surface area contributed by atoms with Crippen LogP contribution >= 0.6 is 0 Å². The number of likely N-dealkylation sites (N-methyl/N-ethyl adjacent to an activating group) is 1. The normalized spacial score (nSPS) is 17.0. The van der Waals surface area contributed by atoms with Gasteiger partial charge in [0.1, 0.15) is 6.10 Å². The van der Waals surface area contributed by atoms with Gasteiger partial charge in [0.2, 0.25) is 0 Å². The predicted molar refractivity (Wildman–Crippen MR) is 91.2 cm³/mol. The summed E-state index contributed by atoms with van der Waals surface area (Å²) < 4.78 is 30.5. The number of aliphatic hydroxyl groups is 1. The highest BCUT2D eigenvalue weighted by atomic mass is 32.2. The van der Waals surface area contributed by atoms with Crippen molar-refractivity contribution in [3.05, 3.63) is 29.7 Å². The molecule has 0 spiro atoms. The standard InChI is InChI=1S/C15H24N6O3S/c1-4-20-15(5-6-16-20)25(23,24)19-7-8-21-12(10-19)9-13(17-21)14(22)11-18(2)3/h5-6,9,14,22H,4,7-8,10-11H2,1-3H3/t14-/m0/s1. The van der Waals surface area contributed by atoms with E-state index in [0.29, 0.717) is 31.9 Å². The van der Waals surface area contributed by atoms with Crippen LogP contribution in [0.4, 0.5) is 0 Å². The second kappa shape index (κ2) is 6.87. The van der Waals surface area contributed by atoms with Gasteiger partial charge >= 0.3 is 0 Å². The summed E-state index contributed by atoms with van der Waals surface area (Å²) in [5, 5.41) is 18.9. The van der Waals surface area contributed by atoms with Crippen molar-refractivity contribution in [2.24, 2.45) is 0 Å². The maximum atomic E-state index is 12.9. The molecule has 25 heavy (non-hydrogen) atoms. The van der Waals surface area contributed by atoms with Crippen molar-refractivity contribution >= 4 is 10.0 Å². The van der Waals surface area contributed by atoms with Crippen LogP contribution in [0.25, 0.3) is 0 Å². The highest BCUT2D eigenvalue weighted by Gasteiger charge is 2.32. The molecule has 0 amide bonds. The third-order valence-corrected chi connectivity index (χ3v) is 6.11. The van der Waals surface area contributed by atoms with Crippen LogP contribution in [0.1, 0.15) is 24.4 Å². The lowest BCUT2D eigenvalue weighted by molar-refractivity contribution is 0.133. The molecule has 1 aliphatic heterocycles. The number of aliphatic hydroxyl groups excluding tert-OH is 1. The Morgan fingerprint density at radius 2 is 2.12 bits per heavy atom. The monoisotopic (exact) mass is 368 g/mol. The van der Waals surface area contributed by atoms with Crippen molar-refractivity contribution in [2.45, 2.75) is 37.7 Å². The molecule has 9 nitrogen and oxygen atoms in total. The van der Waals surface area contributed by atoms with Gasteiger partial charge in [-0.2, -0.15) is 14.5 Å². The van der Waals surface area contributed by atoms with Crippen LogP contribution in [0.5, 0.6) is 0 Å². The van der Waals surface area contributed by atoms with E-state index in [1.807, 2.05) is 25.9 Å². The molecule has 138 valence electrons. The van der Waals surface area contributed by atoms with Crippen molar-refractivity contribution in [1.82, 2.24) is 28.8 Å². The van der Waals surface area contributed by atoms with Gasteiger partial charge in [-0.1, -0.05) is 0 Å². The van der Waals surface area contributed by atoms with Crippen LogP contribution in [0.15, 0.2) is 23.4 Å². The Kier molecular flexibility index (Phi) is 4.96. The van der Waals surface area contributed by atoms with Crippen molar-refractivity contribution in [1.29, 1.82) is 0 Å². The van der Waals surface area contributed by atoms with E-state index in [9.17, 15) is 13.5 Å². The molecule has 0 aromatic carbocycles. The van der Waals surface area contributed by atoms with Gasteiger partial charge in [-0.3, -0.25) is 9.36 Å². The Bertz CT molecular complexity index is 841. The van der Waals surface area contributed by atoms with E-state index in [2.05, 4.69) is 10.2 Å². The quantitative estimate of drug-likeness (QED) is 0.765. The highest BCUT2D eigenvalue weighted by molar-refractivity contribution is 7.89. The summed E-state index contributed by atoms with van der Waals surface area (Å²) in [6.07, 6.45) is 0.806. The number of rotatable bonds is 6. The van der Waals surface area contributed by atoms with Gasteiger partial charge in [-0.15, -0.1) is 0 Å². The van der Waals surface area contributed by atoms with E-state index >= 15 is 0 Å². The number of hydrogen-bond donors (Lipinski definition) is 1. The fourth-order valence-corrected chi connectivity index (χ4v) is 4.55. The Morgan fingerprint density at radius 3 is 2.80 bits per heavy atom. The number of sulfonamides is 1. The van der Waals surface area contributed by atoms with Crippen LogP contribution < -0.4 is 0 Å². The summed E-state index contributed by atoms with van der Waals surface area (Å²) in [7, 11) is 0.147. The second-order valence-corrected chi connectivity index (χ2v) is 8.27. The van der Waals surface area contributed by atoms with E-state index in [0.717, 1.165) is 5.69 Å². The average molecular weight is 368 g/mol. The minimum atomic E-state index is -3.61. The molecule has 0 radical (unpaired) electrons. The molecule has 3 rings (SSSR count). The summed E-state index contributed by atoms with van der Waals surface area (Å²) in [5.41, 5.74) is 1.35. The van der Waals surface area contributed by atoms with Crippen LogP contribution in [-0.4, -0.2) is 69.5 Å². The molecule has 1 N–H and O–H groups in total. The van der Waals surface area contributed by atoms with E-state index in [1.165, 1.54) is 21.3 Å². The number of aryl methyl sites for hydroxylation is 1. The third-order valence-electron chi connectivity index (χ3n) is 4.24. The molecular formula is C15H24N6O3S. The highest BCUT2D eigenvalue weighted by Crippen LogP contribution is 2.23. The number of fused-ring (bicyclic) bond motifs is 1. The van der Waals surface area contributed by atoms with Crippen LogP contribution in [0.2, 0.25) is 0 Å². The zero-order valence-corrected chi connectivity index (χ0v) is 15.5. The fraction of sp³-hybridized carbons (Fsp3) is 0.600. The Hall–Kier alpha value is -1.75. The molecule has 1 aliphatic rings. The van der Waals surface area contributed by atoms with E-state index < -0.39 is 16.1 Å². The molecule has 0 saturated carbocycles. The van der Waals surface area contributed by atoms with Gasteiger partial charge in [0.25, 0.3) is 10.0 Å². The van der Waals surface area contributed by atoms with E-state index in [4.69, 9.17) is 0 Å². The molecule has 0 saturated heterocycles. The molecule has 0 aliphatic carbocycles. The minimum Gasteiger partial charge on any atom is -0.385 e. The third kappa shape index (κ3) is 3.47. The number of aromatic nitrogens is 4. The molecule has 0 fully saturated rings.